The molecule has 1 heterocycles. The number of para-hydroxylation sites is 1. The molecule has 4 nitrogen and oxygen atoms in total. The number of nitrogens with zero attached hydrogens (tertiary/aromatic N) is 2. The van der Waals surface area contributed by atoms with Gasteiger partial charge in [-0.05, 0) is 75.2 Å². The van der Waals surface area contributed by atoms with Gasteiger partial charge in [-0.3, -0.25) is 5.01 Å². The zero-order chi connectivity index (χ0) is 26.0. The third kappa shape index (κ3) is 5.86. The maximum Gasteiger partial charge on any atom is 0.127 e. The molecule has 0 aliphatic carbocycles. The van der Waals surface area contributed by atoms with Crippen LogP contribution in [-0.2, 0) is 4.74 Å². The van der Waals surface area contributed by atoms with Gasteiger partial charge in [0.25, 0.3) is 0 Å². The molecule has 4 heteroatoms. The lowest BCUT2D eigenvalue weighted by Crippen LogP contribution is -2.37. The first-order chi connectivity index (χ1) is 17.7. The summed E-state index contributed by atoms with van der Waals surface area (Å²) in [5.41, 5.74) is 3.97. The van der Waals surface area contributed by atoms with Crippen LogP contribution in [0.1, 0.15) is 58.2 Å². The number of benzene rings is 4. The molecule has 190 valence electrons. The molecule has 1 aliphatic rings. The molecule has 0 saturated heterocycles. The zero-order valence-electron chi connectivity index (χ0n) is 22.4. The summed E-state index contributed by atoms with van der Waals surface area (Å²) < 4.78 is 12.3. The van der Waals surface area contributed by atoms with Gasteiger partial charge in [0.05, 0.1) is 29.6 Å². The van der Waals surface area contributed by atoms with Gasteiger partial charge in [-0.15, -0.1) is 0 Å². The monoisotopic (exact) mass is 492 g/mol. The van der Waals surface area contributed by atoms with Crippen molar-refractivity contribution in [1.29, 1.82) is 0 Å². The normalized spacial score (nSPS) is 16.2. The van der Waals surface area contributed by atoms with Gasteiger partial charge in [-0.1, -0.05) is 72.8 Å². The lowest BCUT2D eigenvalue weighted by atomic mass is 9.95. The molecule has 0 amide bonds. The highest BCUT2D eigenvalue weighted by Gasteiger charge is 2.31. The van der Waals surface area contributed by atoms with E-state index in [0.717, 1.165) is 23.6 Å². The second-order valence-electron chi connectivity index (χ2n) is 11.3. The fraction of sp³-hybridized carbons (Fsp3) is 0.303. The van der Waals surface area contributed by atoms with E-state index in [4.69, 9.17) is 14.6 Å². The maximum absolute atomic E-state index is 6.30. The van der Waals surface area contributed by atoms with Crippen molar-refractivity contribution in [3.63, 3.8) is 0 Å². The Hall–Kier alpha value is -3.63. The highest BCUT2D eigenvalue weighted by Crippen LogP contribution is 2.38. The minimum atomic E-state index is -0.428. The predicted octanol–water partition coefficient (Wildman–Crippen LogP) is 8.17. The number of ether oxygens (including phenoxy) is 2. The topological polar surface area (TPSA) is 34.1 Å². The average molecular weight is 493 g/mol. The van der Waals surface area contributed by atoms with Crippen molar-refractivity contribution < 1.29 is 9.47 Å². The summed E-state index contributed by atoms with van der Waals surface area (Å²) in [7, 11) is 0. The predicted molar refractivity (Wildman–Crippen MR) is 154 cm³/mol. The summed E-state index contributed by atoms with van der Waals surface area (Å²) in [4.78, 5) is 0. The quantitative estimate of drug-likeness (QED) is 0.261. The van der Waals surface area contributed by atoms with Crippen molar-refractivity contribution in [3.05, 3.63) is 108 Å². The van der Waals surface area contributed by atoms with Crippen molar-refractivity contribution in [2.75, 3.05) is 11.6 Å². The van der Waals surface area contributed by atoms with Crippen LogP contribution < -0.4 is 9.75 Å². The van der Waals surface area contributed by atoms with Gasteiger partial charge in [0.2, 0.25) is 0 Å². The molecule has 0 N–H and O–H groups in total. The molecule has 0 aromatic heterocycles. The second-order valence-corrected chi connectivity index (χ2v) is 11.3. The fourth-order valence-corrected chi connectivity index (χ4v) is 4.73. The maximum atomic E-state index is 6.30. The Labute approximate surface area is 220 Å². The van der Waals surface area contributed by atoms with Crippen LogP contribution in [0.4, 0.5) is 5.69 Å². The summed E-state index contributed by atoms with van der Waals surface area (Å²) in [5, 5.41) is 9.80. The minimum absolute atomic E-state index is 0.0997. The Morgan fingerprint density at radius 3 is 2.19 bits per heavy atom. The third-order valence-corrected chi connectivity index (χ3v) is 6.54. The fourth-order valence-electron chi connectivity index (χ4n) is 4.73. The highest BCUT2D eigenvalue weighted by atomic mass is 16.6. The Morgan fingerprint density at radius 1 is 0.784 bits per heavy atom. The zero-order valence-corrected chi connectivity index (χ0v) is 22.4. The van der Waals surface area contributed by atoms with Crippen molar-refractivity contribution in [2.45, 2.75) is 58.3 Å². The SMILES string of the molecule is CC(C)(C)OCC(C)(C)Oc1ccc(C2CC(c3cccc4ccccc34)=NN2c2ccccc2)cc1. The van der Waals surface area contributed by atoms with E-state index in [0.29, 0.717) is 6.61 Å². The molecule has 0 bridgehead atoms. The van der Waals surface area contributed by atoms with E-state index < -0.39 is 5.60 Å². The number of hydrogen-bond donors (Lipinski definition) is 0. The molecule has 4 aromatic rings. The molecular weight excluding hydrogens is 456 g/mol. The van der Waals surface area contributed by atoms with Gasteiger partial charge in [-0.25, -0.2) is 0 Å². The molecule has 1 aliphatic heterocycles. The molecule has 37 heavy (non-hydrogen) atoms. The summed E-state index contributed by atoms with van der Waals surface area (Å²) in [6.45, 7) is 10.8. The van der Waals surface area contributed by atoms with E-state index in [1.54, 1.807) is 0 Å². The van der Waals surface area contributed by atoms with Gasteiger partial charge < -0.3 is 9.47 Å². The van der Waals surface area contributed by atoms with E-state index >= 15 is 0 Å². The van der Waals surface area contributed by atoms with Gasteiger partial charge in [0.1, 0.15) is 11.4 Å². The molecule has 5 rings (SSSR count). The number of fused-ring (bicyclic) bond motifs is 1. The van der Waals surface area contributed by atoms with Gasteiger partial charge in [-0.2, -0.15) is 5.10 Å². The highest BCUT2D eigenvalue weighted by molar-refractivity contribution is 6.12. The number of hydrazone groups is 1. The van der Waals surface area contributed by atoms with E-state index in [2.05, 4.69) is 131 Å². The molecule has 1 atom stereocenters. The van der Waals surface area contributed by atoms with Crippen LogP contribution in [0.2, 0.25) is 0 Å². The number of rotatable bonds is 7. The molecule has 0 fully saturated rings. The first-order valence-corrected chi connectivity index (χ1v) is 13.0. The largest absolute Gasteiger partial charge is 0.485 e. The molecule has 0 saturated carbocycles. The number of hydrogen-bond acceptors (Lipinski definition) is 4. The van der Waals surface area contributed by atoms with Crippen LogP contribution in [0, 0.1) is 0 Å². The van der Waals surface area contributed by atoms with E-state index in [-0.39, 0.29) is 11.6 Å². The van der Waals surface area contributed by atoms with Crippen LogP contribution in [-0.4, -0.2) is 23.5 Å². The molecule has 1 unspecified atom stereocenters. The summed E-state index contributed by atoms with van der Waals surface area (Å²) in [5.74, 6) is 0.839. The Balaban J connectivity index is 1.42. The van der Waals surface area contributed by atoms with Gasteiger partial charge >= 0.3 is 0 Å². The number of anilines is 1. The van der Waals surface area contributed by atoms with E-state index in [1.165, 1.54) is 21.9 Å². The first kappa shape index (κ1) is 25.0. The van der Waals surface area contributed by atoms with Crippen LogP contribution in [0.25, 0.3) is 10.8 Å². The summed E-state index contributed by atoms with van der Waals surface area (Å²) in [6, 6.07) is 34.0. The van der Waals surface area contributed by atoms with Crippen LogP contribution in [0.15, 0.2) is 102 Å². The van der Waals surface area contributed by atoms with Crippen molar-refractivity contribution in [3.8, 4) is 5.75 Å². The van der Waals surface area contributed by atoms with Crippen molar-refractivity contribution in [2.24, 2.45) is 5.10 Å². The molecule has 4 aromatic carbocycles. The Bertz CT molecular complexity index is 1380. The minimum Gasteiger partial charge on any atom is -0.485 e. The van der Waals surface area contributed by atoms with Crippen molar-refractivity contribution >= 4 is 22.2 Å². The molecular formula is C33H36N2O2. The summed E-state index contributed by atoms with van der Waals surface area (Å²) >= 11 is 0. The molecule has 0 radical (unpaired) electrons. The smallest absolute Gasteiger partial charge is 0.127 e. The van der Waals surface area contributed by atoms with Gasteiger partial charge in [0.15, 0.2) is 0 Å². The van der Waals surface area contributed by atoms with Gasteiger partial charge in [0, 0.05) is 12.0 Å². The van der Waals surface area contributed by atoms with Crippen LogP contribution in [0.5, 0.6) is 5.75 Å². The first-order valence-electron chi connectivity index (χ1n) is 13.0. The average Bonchev–Trinajstić information content (AvgIpc) is 3.33. The van der Waals surface area contributed by atoms with Crippen molar-refractivity contribution in [1.82, 2.24) is 0 Å². The molecule has 0 spiro atoms. The lowest BCUT2D eigenvalue weighted by molar-refractivity contribution is -0.0723. The Morgan fingerprint density at radius 2 is 1.46 bits per heavy atom. The Kier molecular flexibility index (Phi) is 6.78. The van der Waals surface area contributed by atoms with Crippen LogP contribution in [0.3, 0.4) is 0 Å². The standard InChI is InChI=1S/C33H36N2O2/c1-32(2,3)36-23-33(4,5)37-27-20-18-25(19-21-27)31-22-30(34-35(31)26-14-7-6-8-15-26)29-17-11-13-24-12-9-10-16-28(24)29/h6-21,31H,22-23H2,1-5H3. The lowest BCUT2D eigenvalue weighted by Gasteiger charge is -2.30. The van der Waals surface area contributed by atoms with Crippen LogP contribution >= 0.6 is 0 Å². The van der Waals surface area contributed by atoms with E-state index in [1.807, 2.05) is 6.07 Å². The summed E-state index contributed by atoms with van der Waals surface area (Å²) in [6.07, 6.45) is 0.827. The third-order valence-electron chi connectivity index (χ3n) is 6.54. The van der Waals surface area contributed by atoms with E-state index in [9.17, 15) is 0 Å². The second kappa shape index (κ2) is 10.0.